The number of benzene rings is 2. The number of nitrogens with zero attached hydrogens (tertiary/aromatic N) is 2. The van der Waals surface area contributed by atoms with Crippen molar-refractivity contribution in [3.63, 3.8) is 0 Å². The third-order valence-electron chi connectivity index (χ3n) is 5.33. The molecular weight excluding hydrogens is 393 g/mol. The molecule has 5 nitrogen and oxygen atoms in total. The number of ether oxygens (including phenoxy) is 1. The summed E-state index contributed by atoms with van der Waals surface area (Å²) in [6.07, 6.45) is 2.29. The van der Waals surface area contributed by atoms with Gasteiger partial charge in [-0.3, -0.25) is 4.79 Å². The minimum Gasteiger partial charge on any atom is -0.484 e. The summed E-state index contributed by atoms with van der Waals surface area (Å²) in [7, 11) is 1.98. The number of amides is 1. The number of halogens is 2. The standard InChI is InChI=1S/C22H25ClFN3O2/c1-14-11-22(2,3)27(4)20-10-19(24)15(9-18(14)20)12-25-26-21(28)13-29-17-7-5-16(23)6-8-17/h5-10,12,14H,11,13H2,1-4H3,(H,26,28)/b25-12-. The molecule has 0 spiro atoms. The van der Waals surface area contributed by atoms with Gasteiger partial charge in [-0.15, -0.1) is 0 Å². The molecule has 2 aromatic carbocycles. The number of fused-ring (bicyclic) bond motifs is 1. The first-order chi connectivity index (χ1) is 13.7. The number of hydrogen-bond donors (Lipinski definition) is 1. The Labute approximate surface area is 175 Å². The van der Waals surface area contributed by atoms with E-state index in [0.29, 0.717) is 22.3 Å². The van der Waals surface area contributed by atoms with Crippen LogP contribution in [0.1, 0.15) is 44.2 Å². The van der Waals surface area contributed by atoms with E-state index >= 15 is 0 Å². The highest BCUT2D eigenvalue weighted by atomic mass is 35.5. The van der Waals surface area contributed by atoms with Gasteiger partial charge < -0.3 is 9.64 Å². The van der Waals surface area contributed by atoms with Crippen molar-refractivity contribution in [3.8, 4) is 5.75 Å². The Balaban J connectivity index is 1.64. The zero-order valence-corrected chi connectivity index (χ0v) is 17.8. The Morgan fingerprint density at radius 3 is 2.76 bits per heavy atom. The van der Waals surface area contributed by atoms with Crippen LogP contribution in [0, 0.1) is 5.82 Å². The lowest BCUT2D eigenvalue weighted by Crippen LogP contribution is -2.45. The first-order valence-electron chi connectivity index (χ1n) is 9.45. The Kier molecular flexibility index (Phi) is 6.13. The van der Waals surface area contributed by atoms with E-state index in [0.717, 1.165) is 17.7 Å². The Bertz CT molecular complexity index is 928. The molecule has 1 N–H and O–H groups in total. The molecule has 0 bridgehead atoms. The van der Waals surface area contributed by atoms with Gasteiger partial charge in [0, 0.05) is 28.9 Å². The van der Waals surface area contributed by atoms with E-state index in [4.69, 9.17) is 16.3 Å². The monoisotopic (exact) mass is 417 g/mol. The molecule has 1 aliphatic heterocycles. The first-order valence-corrected chi connectivity index (χ1v) is 9.83. The van der Waals surface area contributed by atoms with Gasteiger partial charge in [-0.2, -0.15) is 5.10 Å². The zero-order valence-electron chi connectivity index (χ0n) is 17.0. The van der Waals surface area contributed by atoms with Crippen LogP contribution in [0.25, 0.3) is 0 Å². The number of anilines is 1. The summed E-state index contributed by atoms with van der Waals surface area (Å²) in [5.41, 5.74) is 4.62. The Morgan fingerprint density at radius 2 is 2.07 bits per heavy atom. The third kappa shape index (κ3) is 4.88. The van der Waals surface area contributed by atoms with Crippen LogP contribution in [0.5, 0.6) is 5.75 Å². The van der Waals surface area contributed by atoms with Crippen LogP contribution in [0.3, 0.4) is 0 Å². The molecule has 0 saturated carbocycles. The van der Waals surface area contributed by atoms with Crippen LogP contribution in [-0.2, 0) is 4.79 Å². The van der Waals surface area contributed by atoms with E-state index in [1.165, 1.54) is 6.21 Å². The van der Waals surface area contributed by atoms with E-state index in [9.17, 15) is 9.18 Å². The number of carbonyl (C=O) groups is 1. The topological polar surface area (TPSA) is 53.9 Å². The molecule has 1 aliphatic rings. The first kappa shape index (κ1) is 21.1. The van der Waals surface area contributed by atoms with Crippen LogP contribution in [0.4, 0.5) is 10.1 Å². The maximum atomic E-state index is 14.6. The van der Waals surface area contributed by atoms with E-state index in [2.05, 4.69) is 36.2 Å². The quantitative estimate of drug-likeness (QED) is 0.565. The molecule has 0 saturated heterocycles. The summed E-state index contributed by atoms with van der Waals surface area (Å²) >= 11 is 5.80. The highest BCUT2D eigenvalue weighted by Crippen LogP contribution is 2.43. The van der Waals surface area contributed by atoms with Crippen LogP contribution in [0.15, 0.2) is 41.5 Å². The largest absolute Gasteiger partial charge is 0.484 e. The van der Waals surface area contributed by atoms with Crippen molar-refractivity contribution in [1.82, 2.24) is 5.43 Å². The lowest BCUT2D eigenvalue weighted by atomic mass is 9.80. The van der Waals surface area contributed by atoms with Gasteiger partial charge in [0.2, 0.25) is 0 Å². The second kappa shape index (κ2) is 8.41. The fourth-order valence-electron chi connectivity index (χ4n) is 3.59. The maximum Gasteiger partial charge on any atom is 0.277 e. The fourth-order valence-corrected chi connectivity index (χ4v) is 3.72. The summed E-state index contributed by atoms with van der Waals surface area (Å²) in [5.74, 6) is 0.00180. The lowest BCUT2D eigenvalue weighted by Gasteiger charge is -2.45. The molecule has 0 aliphatic carbocycles. The minimum atomic E-state index is -0.440. The molecular formula is C22H25ClFN3O2. The number of rotatable bonds is 5. The van der Waals surface area contributed by atoms with Crippen molar-refractivity contribution in [2.45, 2.75) is 38.6 Å². The molecule has 154 valence electrons. The molecule has 0 fully saturated rings. The predicted molar refractivity (Wildman–Crippen MR) is 115 cm³/mol. The van der Waals surface area contributed by atoms with Gasteiger partial charge in [-0.05, 0) is 68.1 Å². The van der Waals surface area contributed by atoms with Gasteiger partial charge >= 0.3 is 0 Å². The molecule has 3 rings (SSSR count). The summed E-state index contributed by atoms with van der Waals surface area (Å²) in [4.78, 5) is 14.0. The number of carbonyl (C=O) groups excluding carboxylic acids is 1. The predicted octanol–water partition coefficient (Wildman–Crippen LogP) is 4.73. The van der Waals surface area contributed by atoms with Crippen molar-refractivity contribution in [1.29, 1.82) is 0 Å². The molecule has 7 heteroatoms. The Hall–Kier alpha value is -2.60. The number of hydrazone groups is 1. The van der Waals surface area contributed by atoms with E-state index in [1.54, 1.807) is 36.4 Å². The molecule has 1 atom stereocenters. The van der Waals surface area contributed by atoms with E-state index in [1.807, 2.05) is 7.05 Å². The molecule has 0 aromatic heterocycles. The SMILES string of the molecule is CC1CC(C)(C)N(C)c2cc(F)c(/C=N\NC(=O)COc3ccc(Cl)cc3)cc21. The molecule has 0 radical (unpaired) electrons. The van der Waals surface area contributed by atoms with E-state index < -0.39 is 5.91 Å². The summed E-state index contributed by atoms with van der Waals surface area (Å²) in [5, 5.41) is 4.46. The van der Waals surface area contributed by atoms with Crippen molar-refractivity contribution in [2.75, 3.05) is 18.6 Å². The highest BCUT2D eigenvalue weighted by Gasteiger charge is 2.34. The molecule has 1 amide bonds. The second-order valence-electron chi connectivity index (χ2n) is 7.94. The van der Waals surface area contributed by atoms with Gasteiger partial charge in [0.15, 0.2) is 6.61 Å². The van der Waals surface area contributed by atoms with Gasteiger partial charge in [0.25, 0.3) is 5.91 Å². The number of nitrogens with one attached hydrogen (secondary N) is 1. The summed E-state index contributed by atoms with van der Waals surface area (Å²) < 4.78 is 19.9. The number of hydrogen-bond acceptors (Lipinski definition) is 4. The van der Waals surface area contributed by atoms with Gasteiger partial charge in [0.1, 0.15) is 11.6 Å². The summed E-state index contributed by atoms with van der Waals surface area (Å²) in [6, 6.07) is 10.0. The molecule has 1 heterocycles. The normalized spacial score (nSPS) is 17.9. The van der Waals surface area contributed by atoms with Crippen molar-refractivity contribution >= 4 is 29.4 Å². The van der Waals surface area contributed by atoms with Gasteiger partial charge in [0.05, 0.1) is 6.21 Å². The summed E-state index contributed by atoms with van der Waals surface area (Å²) in [6.45, 7) is 6.24. The van der Waals surface area contributed by atoms with Crippen molar-refractivity contribution in [3.05, 3.63) is 58.4 Å². The van der Waals surface area contributed by atoms with Crippen LogP contribution in [-0.4, -0.2) is 31.3 Å². The van der Waals surface area contributed by atoms with Crippen LogP contribution < -0.4 is 15.1 Å². The molecule has 29 heavy (non-hydrogen) atoms. The Morgan fingerprint density at radius 1 is 1.38 bits per heavy atom. The van der Waals surface area contributed by atoms with Crippen molar-refractivity contribution in [2.24, 2.45) is 5.10 Å². The maximum absolute atomic E-state index is 14.6. The van der Waals surface area contributed by atoms with Crippen LogP contribution >= 0.6 is 11.6 Å². The van der Waals surface area contributed by atoms with Gasteiger partial charge in [-0.25, -0.2) is 9.82 Å². The molecule has 1 unspecified atom stereocenters. The molecule has 2 aromatic rings. The van der Waals surface area contributed by atoms with Gasteiger partial charge in [-0.1, -0.05) is 18.5 Å². The zero-order chi connectivity index (χ0) is 21.2. The smallest absolute Gasteiger partial charge is 0.277 e. The highest BCUT2D eigenvalue weighted by molar-refractivity contribution is 6.30. The fraction of sp³-hybridized carbons (Fsp3) is 0.364. The lowest BCUT2D eigenvalue weighted by molar-refractivity contribution is -0.123. The van der Waals surface area contributed by atoms with Crippen LogP contribution in [0.2, 0.25) is 5.02 Å². The third-order valence-corrected chi connectivity index (χ3v) is 5.58. The van der Waals surface area contributed by atoms with Crippen molar-refractivity contribution < 1.29 is 13.9 Å². The second-order valence-corrected chi connectivity index (χ2v) is 8.38. The average Bonchev–Trinajstić information content (AvgIpc) is 2.66. The van der Waals surface area contributed by atoms with E-state index in [-0.39, 0.29) is 18.0 Å². The average molecular weight is 418 g/mol. The minimum absolute atomic E-state index is 0.0352.